The molecule has 0 spiro atoms. The minimum absolute atomic E-state index is 0.0140. The topological polar surface area (TPSA) is 49.3 Å². The highest BCUT2D eigenvalue weighted by molar-refractivity contribution is 6.30. The standard InChI is InChI=1S/C13H18ClNO2/c1-10(16)2-7-13(17)15-9-8-11-3-5-12(14)6-4-11/h3-6,10,16H,2,7-9H2,1H3,(H,15,17). The van der Waals surface area contributed by atoms with Crippen LogP contribution in [0, 0.1) is 0 Å². The fourth-order valence-corrected chi connectivity index (χ4v) is 1.55. The van der Waals surface area contributed by atoms with Gasteiger partial charge < -0.3 is 10.4 Å². The van der Waals surface area contributed by atoms with Gasteiger partial charge in [-0.1, -0.05) is 23.7 Å². The Kier molecular flexibility index (Phi) is 6.01. The predicted molar refractivity (Wildman–Crippen MR) is 69.1 cm³/mol. The molecule has 0 aliphatic heterocycles. The molecule has 4 heteroatoms. The Bertz CT molecular complexity index is 349. The monoisotopic (exact) mass is 255 g/mol. The van der Waals surface area contributed by atoms with Crippen LogP contribution in [0.1, 0.15) is 25.3 Å². The van der Waals surface area contributed by atoms with E-state index in [0.717, 1.165) is 17.0 Å². The summed E-state index contributed by atoms with van der Waals surface area (Å²) < 4.78 is 0. The Hall–Kier alpha value is -1.06. The smallest absolute Gasteiger partial charge is 0.220 e. The maximum Gasteiger partial charge on any atom is 0.220 e. The molecule has 94 valence electrons. The molecule has 1 aromatic carbocycles. The average molecular weight is 256 g/mol. The first kappa shape index (κ1) is 14.0. The molecule has 1 aromatic rings. The van der Waals surface area contributed by atoms with E-state index in [1.807, 2.05) is 24.3 Å². The summed E-state index contributed by atoms with van der Waals surface area (Å²) in [5, 5.41) is 12.6. The molecule has 0 saturated carbocycles. The van der Waals surface area contributed by atoms with Crippen LogP contribution in [0.15, 0.2) is 24.3 Å². The normalized spacial score (nSPS) is 12.2. The number of nitrogens with one attached hydrogen (secondary N) is 1. The summed E-state index contributed by atoms with van der Waals surface area (Å²) in [4.78, 5) is 11.3. The van der Waals surface area contributed by atoms with Crippen LogP contribution >= 0.6 is 11.6 Å². The van der Waals surface area contributed by atoms with Crippen LogP contribution < -0.4 is 5.32 Å². The molecule has 17 heavy (non-hydrogen) atoms. The van der Waals surface area contributed by atoms with Crippen molar-refractivity contribution in [3.63, 3.8) is 0 Å². The summed E-state index contributed by atoms with van der Waals surface area (Å²) in [6.07, 6.45) is 1.25. The van der Waals surface area contributed by atoms with Gasteiger partial charge in [-0.15, -0.1) is 0 Å². The Labute approximate surface area is 107 Å². The number of hydrogen-bond donors (Lipinski definition) is 2. The van der Waals surface area contributed by atoms with E-state index in [2.05, 4.69) is 5.32 Å². The van der Waals surface area contributed by atoms with E-state index >= 15 is 0 Å². The molecular weight excluding hydrogens is 238 g/mol. The number of halogens is 1. The Morgan fingerprint density at radius 1 is 1.41 bits per heavy atom. The SMILES string of the molecule is CC(O)CCC(=O)NCCc1ccc(Cl)cc1. The fourth-order valence-electron chi connectivity index (χ4n) is 1.43. The molecule has 1 rings (SSSR count). The van der Waals surface area contributed by atoms with Crippen molar-refractivity contribution in [2.24, 2.45) is 0 Å². The second kappa shape index (κ2) is 7.30. The molecule has 0 heterocycles. The third-order valence-electron chi connectivity index (χ3n) is 2.44. The van der Waals surface area contributed by atoms with Gasteiger partial charge >= 0.3 is 0 Å². The van der Waals surface area contributed by atoms with Gasteiger partial charge in [0.25, 0.3) is 0 Å². The molecule has 1 unspecified atom stereocenters. The second-order valence-electron chi connectivity index (χ2n) is 4.11. The van der Waals surface area contributed by atoms with Crippen LogP contribution in [-0.4, -0.2) is 23.7 Å². The molecule has 3 nitrogen and oxygen atoms in total. The number of amides is 1. The molecule has 0 bridgehead atoms. The summed E-state index contributed by atoms with van der Waals surface area (Å²) in [5.41, 5.74) is 1.14. The first-order valence-corrected chi connectivity index (χ1v) is 6.15. The lowest BCUT2D eigenvalue weighted by atomic mass is 10.1. The predicted octanol–water partition coefficient (Wildman–Crippen LogP) is 2.16. The quantitative estimate of drug-likeness (QED) is 0.819. The first-order valence-electron chi connectivity index (χ1n) is 5.77. The highest BCUT2D eigenvalue weighted by Gasteiger charge is 2.03. The summed E-state index contributed by atoms with van der Waals surface area (Å²) in [7, 11) is 0. The van der Waals surface area contributed by atoms with Crippen LogP contribution in [0.25, 0.3) is 0 Å². The summed E-state index contributed by atoms with van der Waals surface area (Å²) in [6.45, 7) is 2.29. The molecule has 0 radical (unpaired) electrons. The van der Waals surface area contributed by atoms with Gasteiger partial charge in [-0.05, 0) is 37.5 Å². The number of carbonyl (C=O) groups excluding carboxylic acids is 1. The van der Waals surface area contributed by atoms with Gasteiger partial charge in [0.05, 0.1) is 6.10 Å². The number of benzene rings is 1. The summed E-state index contributed by atoms with van der Waals surface area (Å²) in [5.74, 6) is -0.0140. The fraction of sp³-hybridized carbons (Fsp3) is 0.462. The van der Waals surface area contributed by atoms with Crippen LogP contribution in [0.4, 0.5) is 0 Å². The summed E-state index contributed by atoms with van der Waals surface area (Å²) >= 11 is 5.77. The molecule has 0 aromatic heterocycles. The Balaban J connectivity index is 2.19. The molecule has 2 N–H and O–H groups in total. The first-order chi connectivity index (χ1) is 8.08. The van der Waals surface area contributed by atoms with Crippen molar-refractivity contribution in [3.8, 4) is 0 Å². The molecule has 1 atom stereocenters. The van der Waals surface area contributed by atoms with Gasteiger partial charge in [-0.2, -0.15) is 0 Å². The maximum atomic E-state index is 11.3. The van der Waals surface area contributed by atoms with Crippen molar-refractivity contribution in [2.75, 3.05) is 6.54 Å². The highest BCUT2D eigenvalue weighted by atomic mass is 35.5. The number of aliphatic hydroxyl groups excluding tert-OH is 1. The summed E-state index contributed by atoms with van der Waals surface area (Å²) in [6, 6.07) is 7.58. The van der Waals surface area contributed by atoms with Crippen LogP contribution in [0.5, 0.6) is 0 Å². The van der Waals surface area contributed by atoms with Crippen molar-refractivity contribution < 1.29 is 9.90 Å². The van der Waals surface area contributed by atoms with Gasteiger partial charge in [0.1, 0.15) is 0 Å². The van der Waals surface area contributed by atoms with Crippen molar-refractivity contribution in [2.45, 2.75) is 32.3 Å². The van der Waals surface area contributed by atoms with Gasteiger partial charge in [-0.3, -0.25) is 4.79 Å². The average Bonchev–Trinajstić information content (AvgIpc) is 2.29. The van der Waals surface area contributed by atoms with E-state index < -0.39 is 6.10 Å². The third-order valence-corrected chi connectivity index (χ3v) is 2.69. The van der Waals surface area contributed by atoms with Gasteiger partial charge in [-0.25, -0.2) is 0 Å². The molecule has 0 aliphatic rings. The van der Waals surface area contributed by atoms with Crippen molar-refractivity contribution in [1.82, 2.24) is 5.32 Å². The highest BCUT2D eigenvalue weighted by Crippen LogP contribution is 2.09. The van der Waals surface area contributed by atoms with E-state index in [1.54, 1.807) is 6.92 Å². The van der Waals surface area contributed by atoms with Gasteiger partial charge in [0.2, 0.25) is 5.91 Å². The third kappa shape index (κ3) is 6.29. The van der Waals surface area contributed by atoms with Crippen molar-refractivity contribution in [1.29, 1.82) is 0 Å². The van der Waals surface area contributed by atoms with E-state index in [1.165, 1.54) is 0 Å². The zero-order valence-electron chi connectivity index (χ0n) is 9.95. The van der Waals surface area contributed by atoms with Crippen LogP contribution in [0.2, 0.25) is 5.02 Å². The Morgan fingerprint density at radius 3 is 2.65 bits per heavy atom. The second-order valence-corrected chi connectivity index (χ2v) is 4.55. The van der Waals surface area contributed by atoms with Crippen molar-refractivity contribution in [3.05, 3.63) is 34.9 Å². The lowest BCUT2D eigenvalue weighted by Gasteiger charge is -2.06. The van der Waals surface area contributed by atoms with Gasteiger partial charge in [0, 0.05) is 18.0 Å². The van der Waals surface area contributed by atoms with Crippen LogP contribution in [0.3, 0.4) is 0 Å². The Morgan fingerprint density at radius 2 is 2.06 bits per heavy atom. The largest absolute Gasteiger partial charge is 0.393 e. The minimum Gasteiger partial charge on any atom is -0.393 e. The van der Waals surface area contributed by atoms with Crippen LogP contribution in [-0.2, 0) is 11.2 Å². The minimum atomic E-state index is -0.419. The molecule has 0 fully saturated rings. The molecule has 0 saturated heterocycles. The number of aliphatic hydroxyl groups is 1. The van der Waals surface area contributed by atoms with E-state index in [-0.39, 0.29) is 5.91 Å². The lowest BCUT2D eigenvalue weighted by Crippen LogP contribution is -2.26. The maximum absolute atomic E-state index is 11.3. The molecular formula is C13H18ClNO2. The lowest BCUT2D eigenvalue weighted by molar-refractivity contribution is -0.121. The van der Waals surface area contributed by atoms with Gasteiger partial charge in [0.15, 0.2) is 0 Å². The van der Waals surface area contributed by atoms with E-state index in [4.69, 9.17) is 16.7 Å². The zero-order chi connectivity index (χ0) is 12.7. The zero-order valence-corrected chi connectivity index (χ0v) is 10.7. The number of carbonyl (C=O) groups is 1. The number of hydrogen-bond acceptors (Lipinski definition) is 2. The molecule has 1 amide bonds. The molecule has 0 aliphatic carbocycles. The van der Waals surface area contributed by atoms with E-state index in [9.17, 15) is 4.79 Å². The van der Waals surface area contributed by atoms with Crippen molar-refractivity contribution >= 4 is 17.5 Å². The number of rotatable bonds is 6. The van der Waals surface area contributed by atoms with E-state index in [0.29, 0.717) is 19.4 Å².